The van der Waals surface area contributed by atoms with Gasteiger partial charge in [0, 0.05) is 6.54 Å². The van der Waals surface area contributed by atoms with Gasteiger partial charge in [-0.05, 0) is 0 Å². The molecule has 0 aliphatic rings. The summed E-state index contributed by atoms with van der Waals surface area (Å²) in [5, 5.41) is 0. The van der Waals surface area contributed by atoms with Gasteiger partial charge in [-0.2, -0.15) is 0 Å². The SMILES string of the molecule is C=CCN.Cl.Cl.Cl.Cl. The van der Waals surface area contributed by atoms with Crippen molar-refractivity contribution in [3.8, 4) is 0 Å². The Hall–Kier alpha value is 0.860. The van der Waals surface area contributed by atoms with Crippen molar-refractivity contribution in [3.05, 3.63) is 12.7 Å². The van der Waals surface area contributed by atoms with E-state index in [2.05, 4.69) is 6.58 Å². The Morgan fingerprint density at radius 3 is 1.25 bits per heavy atom. The predicted molar refractivity (Wildman–Crippen MR) is 48.2 cm³/mol. The second kappa shape index (κ2) is 45.2. The fraction of sp³-hybridized carbons (Fsp3) is 0.333. The number of hydrogen-bond acceptors (Lipinski definition) is 1. The molecule has 0 aliphatic heterocycles. The number of nitrogens with two attached hydrogens (primary N) is 1. The maximum atomic E-state index is 4.91. The van der Waals surface area contributed by atoms with Gasteiger partial charge >= 0.3 is 0 Å². The monoisotopic (exact) mass is 201 g/mol. The Morgan fingerprint density at radius 1 is 1.12 bits per heavy atom. The molecule has 0 bridgehead atoms. The minimum atomic E-state index is 0. The number of hydrogen-bond donors (Lipinski definition) is 1. The van der Waals surface area contributed by atoms with Gasteiger partial charge in [-0.15, -0.1) is 56.2 Å². The van der Waals surface area contributed by atoms with Crippen LogP contribution < -0.4 is 5.73 Å². The molecule has 0 spiro atoms. The second-order valence-corrected chi connectivity index (χ2v) is 0.524. The lowest BCUT2D eigenvalue weighted by Crippen LogP contribution is -1.90. The van der Waals surface area contributed by atoms with E-state index in [-0.39, 0.29) is 49.6 Å². The van der Waals surface area contributed by atoms with Crippen LogP contribution >= 0.6 is 49.6 Å². The topological polar surface area (TPSA) is 26.0 Å². The first-order chi connectivity index (χ1) is 1.91. The zero-order valence-electron chi connectivity index (χ0n) is 4.20. The zero-order chi connectivity index (χ0) is 3.41. The van der Waals surface area contributed by atoms with Gasteiger partial charge in [0.2, 0.25) is 0 Å². The van der Waals surface area contributed by atoms with Crippen molar-refractivity contribution < 1.29 is 0 Å². The van der Waals surface area contributed by atoms with Crippen LogP contribution in [0.5, 0.6) is 0 Å². The summed E-state index contributed by atoms with van der Waals surface area (Å²) in [5.41, 5.74) is 4.91. The van der Waals surface area contributed by atoms with E-state index in [0.717, 1.165) is 0 Å². The van der Waals surface area contributed by atoms with Crippen LogP contribution in [0.1, 0.15) is 0 Å². The quantitative estimate of drug-likeness (QED) is 0.646. The third kappa shape index (κ3) is 68.1. The van der Waals surface area contributed by atoms with E-state index < -0.39 is 0 Å². The molecule has 0 amide bonds. The first-order valence-electron chi connectivity index (χ1n) is 1.22. The molecule has 0 heterocycles. The van der Waals surface area contributed by atoms with E-state index >= 15 is 0 Å². The summed E-state index contributed by atoms with van der Waals surface area (Å²) in [4.78, 5) is 0. The maximum absolute atomic E-state index is 4.91. The van der Waals surface area contributed by atoms with Crippen LogP contribution in [0.3, 0.4) is 0 Å². The van der Waals surface area contributed by atoms with E-state index in [1.165, 1.54) is 0 Å². The second-order valence-electron chi connectivity index (χ2n) is 0.524. The highest BCUT2D eigenvalue weighted by molar-refractivity contribution is 5.86. The number of halogens is 4. The first-order valence-corrected chi connectivity index (χ1v) is 1.22. The molecule has 0 saturated heterocycles. The smallest absolute Gasteiger partial charge is 0.0104 e. The van der Waals surface area contributed by atoms with Crippen molar-refractivity contribution in [2.75, 3.05) is 6.54 Å². The molecule has 0 aliphatic carbocycles. The first kappa shape index (κ1) is 36.7. The molecule has 8 heavy (non-hydrogen) atoms. The van der Waals surface area contributed by atoms with E-state index in [1.807, 2.05) is 0 Å². The lowest BCUT2D eigenvalue weighted by atomic mass is 10.7. The van der Waals surface area contributed by atoms with Crippen molar-refractivity contribution >= 4 is 49.6 Å². The summed E-state index contributed by atoms with van der Waals surface area (Å²) < 4.78 is 0. The summed E-state index contributed by atoms with van der Waals surface area (Å²) in [7, 11) is 0. The minimum Gasteiger partial charge on any atom is -0.327 e. The zero-order valence-corrected chi connectivity index (χ0v) is 7.47. The molecule has 0 aromatic carbocycles. The number of rotatable bonds is 1. The lowest BCUT2D eigenvalue weighted by Gasteiger charge is -1.61. The van der Waals surface area contributed by atoms with Crippen LogP contribution in [-0.2, 0) is 0 Å². The van der Waals surface area contributed by atoms with Gasteiger partial charge in [0.15, 0.2) is 0 Å². The fourth-order valence-electron chi connectivity index (χ4n) is 0. The molecule has 0 aromatic rings. The molecular formula is C3H11Cl4N. The molecule has 0 atom stereocenters. The van der Waals surface area contributed by atoms with Crippen molar-refractivity contribution in [1.29, 1.82) is 0 Å². The van der Waals surface area contributed by atoms with Crippen LogP contribution in [0.2, 0.25) is 0 Å². The Kier molecular flexibility index (Phi) is 208. The van der Waals surface area contributed by atoms with E-state index in [4.69, 9.17) is 5.73 Å². The predicted octanol–water partition coefficient (Wildman–Crippen LogP) is 1.82. The highest BCUT2D eigenvalue weighted by Gasteiger charge is 1.43. The molecule has 5 heteroatoms. The van der Waals surface area contributed by atoms with Crippen LogP contribution in [0.15, 0.2) is 12.7 Å². The summed E-state index contributed by atoms with van der Waals surface area (Å²) in [5.74, 6) is 0. The molecular weight excluding hydrogens is 192 g/mol. The van der Waals surface area contributed by atoms with Crippen molar-refractivity contribution in [2.45, 2.75) is 0 Å². The maximum Gasteiger partial charge on any atom is 0.0104 e. The highest BCUT2D eigenvalue weighted by Crippen LogP contribution is 1.40. The molecule has 0 aromatic heterocycles. The van der Waals surface area contributed by atoms with E-state index in [1.54, 1.807) is 6.08 Å². The van der Waals surface area contributed by atoms with Crippen LogP contribution in [0.4, 0.5) is 0 Å². The summed E-state index contributed by atoms with van der Waals surface area (Å²) >= 11 is 0. The standard InChI is InChI=1S/C3H7N.4ClH/c1-2-3-4;;;;/h2H,1,3-4H2;4*1H. The van der Waals surface area contributed by atoms with Gasteiger partial charge in [0.1, 0.15) is 0 Å². The van der Waals surface area contributed by atoms with Gasteiger partial charge in [-0.25, -0.2) is 0 Å². The Morgan fingerprint density at radius 2 is 1.25 bits per heavy atom. The van der Waals surface area contributed by atoms with Crippen molar-refractivity contribution in [3.63, 3.8) is 0 Å². The average Bonchev–Trinajstić information content (AvgIpc) is 1.37. The van der Waals surface area contributed by atoms with Crippen LogP contribution in [-0.4, -0.2) is 6.54 Å². The molecule has 0 radical (unpaired) electrons. The highest BCUT2D eigenvalue weighted by atomic mass is 35.5. The Bertz CT molecular complexity index is 25.2. The molecule has 0 unspecified atom stereocenters. The van der Waals surface area contributed by atoms with Gasteiger partial charge in [0.25, 0.3) is 0 Å². The van der Waals surface area contributed by atoms with Crippen molar-refractivity contribution in [1.82, 2.24) is 0 Å². The third-order valence-corrected chi connectivity index (χ3v) is 0.167. The minimum absolute atomic E-state index is 0. The molecule has 0 fully saturated rings. The largest absolute Gasteiger partial charge is 0.327 e. The average molecular weight is 203 g/mol. The fourth-order valence-corrected chi connectivity index (χ4v) is 0. The van der Waals surface area contributed by atoms with Gasteiger partial charge < -0.3 is 5.73 Å². The van der Waals surface area contributed by atoms with Crippen LogP contribution in [0.25, 0.3) is 0 Å². The summed E-state index contributed by atoms with van der Waals surface area (Å²) in [6.07, 6.45) is 1.65. The Balaban J connectivity index is -0.00000000750. The normalized spacial score (nSPS) is 3.12. The lowest BCUT2D eigenvalue weighted by molar-refractivity contribution is 1.26. The van der Waals surface area contributed by atoms with Gasteiger partial charge in [-0.1, -0.05) is 6.08 Å². The summed E-state index contributed by atoms with van der Waals surface area (Å²) in [6.45, 7) is 3.94. The molecule has 56 valence electrons. The van der Waals surface area contributed by atoms with E-state index in [0.29, 0.717) is 6.54 Å². The van der Waals surface area contributed by atoms with E-state index in [9.17, 15) is 0 Å². The molecule has 2 N–H and O–H groups in total. The van der Waals surface area contributed by atoms with Crippen molar-refractivity contribution in [2.24, 2.45) is 5.73 Å². The van der Waals surface area contributed by atoms with Gasteiger partial charge in [-0.3, -0.25) is 0 Å². The molecule has 1 nitrogen and oxygen atoms in total. The Labute approximate surface area is 74.7 Å². The van der Waals surface area contributed by atoms with Crippen LogP contribution in [0, 0.1) is 0 Å². The van der Waals surface area contributed by atoms with Gasteiger partial charge in [0.05, 0.1) is 0 Å². The summed E-state index contributed by atoms with van der Waals surface area (Å²) in [6, 6.07) is 0. The third-order valence-electron chi connectivity index (χ3n) is 0.167. The molecule has 0 rings (SSSR count). The molecule has 0 saturated carbocycles.